The zero-order valence-electron chi connectivity index (χ0n) is 16.2. The van der Waals surface area contributed by atoms with E-state index in [4.69, 9.17) is 4.74 Å². The first-order valence-corrected chi connectivity index (χ1v) is 10.4. The molecule has 0 amide bonds. The van der Waals surface area contributed by atoms with E-state index in [1.54, 1.807) is 24.3 Å². The van der Waals surface area contributed by atoms with Crippen LogP contribution in [0.3, 0.4) is 0 Å². The Bertz CT molecular complexity index is 459. The van der Waals surface area contributed by atoms with Crippen LogP contribution in [-0.2, 0) is 4.79 Å². The van der Waals surface area contributed by atoms with Gasteiger partial charge in [0, 0.05) is 6.42 Å². The molecule has 0 bridgehead atoms. The summed E-state index contributed by atoms with van der Waals surface area (Å²) in [5.41, 5.74) is 0.437. The van der Waals surface area contributed by atoms with Crippen molar-refractivity contribution in [2.24, 2.45) is 5.18 Å². The van der Waals surface area contributed by atoms with Gasteiger partial charge in [0.25, 0.3) is 0 Å². The number of unbranched alkanes of at least 4 members (excludes halogenated alkanes) is 13. The lowest BCUT2D eigenvalue weighted by Gasteiger charge is -2.06. The highest BCUT2D eigenvalue weighted by molar-refractivity contribution is 5.48. The van der Waals surface area contributed by atoms with Crippen LogP contribution in [0.5, 0.6) is 5.75 Å². The first-order valence-electron chi connectivity index (χ1n) is 10.4. The molecule has 0 aliphatic heterocycles. The van der Waals surface area contributed by atoms with Gasteiger partial charge in [-0.05, 0) is 42.3 Å². The van der Waals surface area contributed by atoms with Crippen molar-refractivity contribution in [1.82, 2.24) is 0 Å². The SMILES string of the molecule is O=CCCCCCCCCCCCCCCCOc1ccc(N=O)cc1. The Balaban J connectivity index is 1.78. The molecule has 0 aliphatic rings. The smallest absolute Gasteiger partial charge is 0.119 e. The van der Waals surface area contributed by atoms with Crippen LogP contribution in [0, 0.1) is 4.91 Å². The topological polar surface area (TPSA) is 55.7 Å². The molecule has 0 saturated heterocycles. The summed E-state index contributed by atoms with van der Waals surface area (Å²) in [6.07, 6.45) is 18.3. The van der Waals surface area contributed by atoms with Gasteiger partial charge in [-0.1, -0.05) is 70.6 Å². The summed E-state index contributed by atoms with van der Waals surface area (Å²) >= 11 is 0. The number of nitrogens with zero attached hydrogens (tertiary/aromatic N) is 1. The van der Waals surface area contributed by atoms with Crippen LogP contribution >= 0.6 is 0 Å². The fourth-order valence-corrected chi connectivity index (χ4v) is 3.07. The van der Waals surface area contributed by atoms with Crippen molar-refractivity contribution in [3.05, 3.63) is 29.2 Å². The fourth-order valence-electron chi connectivity index (χ4n) is 3.07. The fraction of sp³-hybridized carbons (Fsp3) is 0.682. The van der Waals surface area contributed by atoms with Crippen LogP contribution in [0.4, 0.5) is 5.69 Å². The van der Waals surface area contributed by atoms with E-state index in [-0.39, 0.29) is 0 Å². The van der Waals surface area contributed by atoms with Crippen molar-refractivity contribution in [3.63, 3.8) is 0 Å². The number of rotatable bonds is 18. The van der Waals surface area contributed by atoms with Gasteiger partial charge in [-0.25, -0.2) is 0 Å². The second kappa shape index (κ2) is 16.7. The van der Waals surface area contributed by atoms with Gasteiger partial charge >= 0.3 is 0 Å². The molecule has 26 heavy (non-hydrogen) atoms. The lowest BCUT2D eigenvalue weighted by Crippen LogP contribution is -1.96. The van der Waals surface area contributed by atoms with E-state index in [1.807, 2.05) is 0 Å². The van der Waals surface area contributed by atoms with Crippen molar-refractivity contribution in [1.29, 1.82) is 0 Å². The Kier molecular flexibility index (Phi) is 14.4. The Morgan fingerprint density at radius 2 is 1.15 bits per heavy atom. The van der Waals surface area contributed by atoms with Crippen molar-refractivity contribution < 1.29 is 9.53 Å². The maximum Gasteiger partial charge on any atom is 0.119 e. The summed E-state index contributed by atoms with van der Waals surface area (Å²) in [6.45, 7) is 0.737. The average molecular weight is 362 g/mol. The van der Waals surface area contributed by atoms with Crippen LogP contribution in [0.25, 0.3) is 0 Å². The summed E-state index contributed by atoms with van der Waals surface area (Å²) in [5, 5.41) is 2.88. The van der Waals surface area contributed by atoms with Crippen LogP contribution < -0.4 is 4.74 Å². The van der Waals surface area contributed by atoms with E-state index in [2.05, 4.69) is 5.18 Å². The Morgan fingerprint density at radius 1 is 0.692 bits per heavy atom. The third-order valence-corrected chi connectivity index (χ3v) is 4.68. The summed E-state index contributed by atoms with van der Waals surface area (Å²) < 4.78 is 5.66. The van der Waals surface area contributed by atoms with Crippen LogP contribution in [0.1, 0.15) is 89.9 Å². The van der Waals surface area contributed by atoms with Gasteiger partial charge in [0.2, 0.25) is 0 Å². The molecular weight excluding hydrogens is 326 g/mol. The number of carbonyl (C=O) groups excluding carboxylic acids is 1. The molecule has 146 valence electrons. The standard InChI is InChI=1S/C22H35NO3/c24-19-13-11-9-7-5-3-1-2-4-6-8-10-12-14-20-26-22-17-15-21(23-25)16-18-22/h15-19H,1-14,20H2. The third-order valence-electron chi connectivity index (χ3n) is 4.68. The van der Waals surface area contributed by atoms with Gasteiger partial charge in [0.1, 0.15) is 17.7 Å². The molecule has 1 aromatic rings. The molecule has 0 radical (unpaired) electrons. The Hall–Kier alpha value is -1.71. The molecule has 1 aromatic carbocycles. The van der Waals surface area contributed by atoms with Crippen molar-refractivity contribution in [2.75, 3.05) is 6.61 Å². The Labute approximate surface area is 158 Å². The van der Waals surface area contributed by atoms with Gasteiger partial charge in [0.05, 0.1) is 6.61 Å². The molecule has 4 heteroatoms. The molecule has 0 N–H and O–H groups in total. The molecule has 0 heterocycles. The molecule has 0 atom stereocenters. The van der Waals surface area contributed by atoms with E-state index < -0.39 is 0 Å². The van der Waals surface area contributed by atoms with E-state index in [0.717, 1.165) is 37.9 Å². The number of benzene rings is 1. The maximum atomic E-state index is 10.3. The highest BCUT2D eigenvalue weighted by atomic mass is 16.5. The number of nitroso groups, excluding NO2 is 1. The average Bonchev–Trinajstić information content (AvgIpc) is 2.68. The van der Waals surface area contributed by atoms with Gasteiger partial charge in [-0.15, -0.1) is 4.91 Å². The number of aldehydes is 1. The van der Waals surface area contributed by atoms with E-state index in [1.165, 1.54) is 70.6 Å². The minimum Gasteiger partial charge on any atom is -0.494 e. The monoisotopic (exact) mass is 361 g/mol. The second-order valence-electron chi connectivity index (χ2n) is 6.99. The second-order valence-corrected chi connectivity index (χ2v) is 6.99. The first kappa shape index (κ1) is 22.3. The van der Waals surface area contributed by atoms with Gasteiger partial charge < -0.3 is 9.53 Å². The molecule has 0 saturated carbocycles. The predicted octanol–water partition coefficient (Wildman–Crippen LogP) is 7.12. The van der Waals surface area contributed by atoms with E-state index in [9.17, 15) is 9.70 Å². The maximum absolute atomic E-state index is 10.3. The van der Waals surface area contributed by atoms with Crippen molar-refractivity contribution in [3.8, 4) is 5.75 Å². The van der Waals surface area contributed by atoms with Gasteiger partial charge in [0.15, 0.2) is 0 Å². The molecule has 0 unspecified atom stereocenters. The largest absolute Gasteiger partial charge is 0.494 e. The third kappa shape index (κ3) is 12.6. The summed E-state index contributed by atoms with van der Waals surface area (Å²) in [4.78, 5) is 20.5. The molecule has 1 rings (SSSR count). The van der Waals surface area contributed by atoms with Crippen molar-refractivity contribution in [2.45, 2.75) is 89.9 Å². The minimum atomic E-state index is 0.437. The number of hydrogen-bond donors (Lipinski definition) is 0. The molecule has 0 spiro atoms. The van der Waals surface area contributed by atoms with Crippen molar-refractivity contribution >= 4 is 12.0 Å². The molecule has 4 nitrogen and oxygen atoms in total. The first-order chi connectivity index (χ1) is 12.9. The van der Waals surface area contributed by atoms with Crippen LogP contribution in [-0.4, -0.2) is 12.9 Å². The lowest BCUT2D eigenvalue weighted by molar-refractivity contribution is -0.107. The van der Waals surface area contributed by atoms with Crippen LogP contribution in [0.15, 0.2) is 29.4 Å². The van der Waals surface area contributed by atoms with Gasteiger partial charge in [-0.3, -0.25) is 0 Å². The lowest BCUT2D eigenvalue weighted by atomic mass is 10.0. The minimum absolute atomic E-state index is 0.437. The number of ether oxygens (including phenoxy) is 1. The summed E-state index contributed by atoms with van der Waals surface area (Å²) in [5.74, 6) is 0.807. The predicted molar refractivity (Wildman–Crippen MR) is 108 cm³/mol. The quantitative estimate of drug-likeness (QED) is 0.159. The normalized spacial score (nSPS) is 10.6. The number of hydrogen-bond acceptors (Lipinski definition) is 4. The van der Waals surface area contributed by atoms with Crippen LogP contribution in [0.2, 0.25) is 0 Å². The van der Waals surface area contributed by atoms with Gasteiger partial charge in [-0.2, -0.15) is 0 Å². The zero-order chi connectivity index (χ0) is 18.7. The van der Waals surface area contributed by atoms with E-state index in [0.29, 0.717) is 5.69 Å². The van der Waals surface area contributed by atoms with E-state index >= 15 is 0 Å². The summed E-state index contributed by atoms with van der Waals surface area (Å²) in [6, 6.07) is 6.94. The summed E-state index contributed by atoms with van der Waals surface area (Å²) in [7, 11) is 0. The highest BCUT2D eigenvalue weighted by Crippen LogP contribution is 2.18. The highest BCUT2D eigenvalue weighted by Gasteiger charge is 1.97. The Morgan fingerprint density at radius 3 is 1.62 bits per heavy atom. The molecule has 0 fully saturated rings. The number of carbonyl (C=O) groups is 1. The molecule has 0 aliphatic carbocycles. The molecular formula is C22H35NO3. The molecule has 0 aromatic heterocycles. The zero-order valence-corrected chi connectivity index (χ0v) is 16.2.